The van der Waals surface area contributed by atoms with E-state index in [1.54, 1.807) is 12.1 Å². The molecule has 5 rings (SSSR count). The lowest BCUT2D eigenvalue weighted by Gasteiger charge is -2.46. The van der Waals surface area contributed by atoms with Crippen LogP contribution in [0, 0.1) is 11.7 Å². The molecule has 6 heteroatoms. The van der Waals surface area contributed by atoms with Crippen molar-refractivity contribution in [3.8, 4) is 5.75 Å². The Morgan fingerprint density at radius 3 is 2.78 bits per heavy atom. The molecule has 2 saturated heterocycles. The van der Waals surface area contributed by atoms with Crippen LogP contribution in [0.5, 0.6) is 5.75 Å². The van der Waals surface area contributed by atoms with Crippen molar-refractivity contribution in [3.63, 3.8) is 0 Å². The van der Waals surface area contributed by atoms with Gasteiger partial charge in [0.2, 0.25) is 0 Å². The summed E-state index contributed by atoms with van der Waals surface area (Å²) < 4.78 is 25.1. The number of piperidine rings is 1. The lowest BCUT2D eigenvalue weighted by molar-refractivity contribution is -0.125. The summed E-state index contributed by atoms with van der Waals surface area (Å²) >= 11 is 0. The zero-order valence-electron chi connectivity index (χ0n) is 18.2. The van der Waals surface area contributed by atoms with Crippen LogP contribution in [0.1, 0.15) is 42.5 Å². The van der Waals surface area contributed by atoms with Gasteiger partial charge in [-0.2, -0.15) is 0 Å². The lowest BCUT2D eigenvalue weighted by atomic mass is 9.78. The smallest absolute Gasteiger partial charge is 0.254 e. The van der Waals surface area contributed by atoms with E-state index in [0.29, 0.717) is 18.3 Å². The van der Waals surface area contributed by atoms with Gasteiger partial charge in [0.1, 0.15) is 11.6 Å². The second-order valence-electron chi connectivity index (χ2n) is 9.02. The van der Waals surface area contributed by atoms with Crippen LogP contribution in [0.3, 0.4) is 0 Å². The lowest BCUT2D eigenvalue weighted by Crippen LogP contribution is -2.50. The van der Waals surface area contributed by atoms with E-state index in [1.165, 1.54) is 12.1 Å². The first-order chi connectivity index (χ1) is 15.6. The molecule has 2 aliphatic rings. The van der Waals surface area contributed by atoms with Crippen LogP contribution in [0.2, 0.25) is 0 Å². The van der Waals surface area contributed by atoms with Gasteiger partial charge in [0.25, 0.3) is 5.91 Å². The number of nitrogens with one attached hydrogen (secondary N) is 1. The molecule has 0 bridgehead atoms. The number of ether oxygens (including phenoxy) is 2. The maximum Gasteiger partial charge on any atom is 0.254 e. The van der Waals surface area contributed by atoms with Crippen LogP contribution in [0.15, 0.2) is 54.7 Å². The maximum atomic E-state index is 13.2. The van der Waals surface area contributed by atoms with E-state index >= 15 is 0 Å². The summed E-state index contributed by atoms with van der Waals surface area (Å²) in [5, 5.41) is 0.980. The fraction of sp³-hybridized carbons (Fsp3) is 0.423. The molecule has 2 fully saturated rings. The second kappa shape index (κ2) is 8.94. The van der Waals surface area contributed by atoms with Crippen LogP contribution in [-0.4, -0.2) is 47.7 Å². The van der Waals surface area contributed by atoms with E-state index in [0.717, 1.165) is 68.3 Å². The highest BCUT2D eigenvalue weighted by atomic mass is 19.1. The Balaban J connectivity index is 1.15. The van der Waals surface area contributed by atoms with Gasteiger partial charge in [0.15, 0.2) is 0 Å². The van der Waals surface area contributed by atoms with Gasteiger partial charge in [-0.1, -0.05) is 6.07 Å². The van der Waals surface area contributed by atoms with Gasteiger partial charge < -0.3 is 19.4 Å². The van der Waals surface area contributed by atoms with E-state index in [2.05, 4.69) is 4.98 Å². The quantitative estimate of drug-likeness (QED) is 0.600. The molecule has 1 unspecified atom stereocenters. The van der Waals surface area contributed by atoms with Crippen LogP contribution in [0.4, 0.5) is 4.39 Å². The molecule has 1 amide bonds. The van der Waals surface area contributed by atoms with Crippen LogP contribution >= 0.6 is 0 Å². The van der Waals surface area contributed by atoms with Gasteiger partial charge in [-0.15, -0.1) is 0 Å². The summed E-state index contributed by atoms with van der Waals surface area (Å²) in [5.74, 6) is 1.10. The third kappa shape index (κ3) is 4.37. The maximum absolute atomic E-state index is 13.2. The van der Waals surface area contributed by atoms with Crippen molar-refractivity contribution in [2.45, 2.75) is 37.7 Å². The summed E-state index contributed by atoms with van der Waals surface area (Å²) in [6, 6.07) is 14.0. The summed E-state index contributed by atoms with van der Waals surface area (Å²) in [5.41, 5.74) is 1.63. The van der Waals surface area contributed by atoms with E-state index in [9.17, 15) is 9.18 Å². The molecule has 32 heavy (non-hydrogen) atoms. The molecular weight excluding hydrogens is 407 g/mol. The Morgan fingerprint density at radius 2 is 1.97 bits per heavy atom. The summed E-state index contributed by atoms with van der Waals surface area (Å²) in [6.45, 7) is 2.83. The van der Waals surface area contributed by atoms with Crippen molar-refractivity contribution in [1.29, 1.82) is 0 Å². The molecule has 0 saturated carbocycles. The number of hydrogen-bond acceptors (Lipinski definition) is 3. The standard InChI is InChI=1S/C26H29FN2O3/c27-20-4-6-21(7-5-20)31-16-9-19-10-17-32-26(18-19)11-14-29(15-12-26)25(30)23-2-1-3-24-22(23)8-13-28-24/h1-8,13,19,28H,9-12,14-18H2. The van der Waals surface area contributed by atoms with Crippen molar-refractivity contribution < 1.29 is 18.7 Å². The summed E-state index contributed by atoms with van der Waals surface area (Å²) in [4.78, 5) is 18.3. The van der Waals surface area contributed by atoms with Gasteiger partial charge in [0.05, 0.1) is 12.2 Å². The minimum absolute atomic E-state index is 0.102. The van der Waals surface area contributed by atoms with Crippen molar-refractivity contribution in [2.75, 3.05) is 26.3 Å². The Bertz CT molecular complexity index is 1070. The van der Waals surface area contributed by atoms with Gasteiger partial charge in [-0.05, 0) is 80.5 Å². The summed E-state index contributed by atoms with van der Waals surface area (Å²) in [6.07, 6.45) is 6.62. The number of rotatable bonds is 5. The number of hydrogen-bond donors (Lipinski definition) is 1. The van der Waals surface area contributed by atoms with Crippen LogP contribution in [-0.2, 0) is 4.74 Å². The van der Waals surface area contributed by atoms with E-state index in [4.69, 9.17) is 9.47 Å². The molecule has 1 spiro atoms. The first kappa shape index (κ1) is 21.0. The van der Waals surface area contributed by atoms with E-state index < -0.39 is 0 Å². The number of amides is 1. The third-order valence-electron chi connectivity index (χ3n) is 6.99. The number of aromatic nitrogens is 1. The zero-order valence-corrected chi connectivity index (χ0v) is 18.2. The number of carbonyl (C=O) groups excluding carboxylic acids is 1. The highest BCUT2D eigenvalue weighted by Gasteiger charge is 2.41. The van der Waals surface area contributed by atoms with Crippen molar-refractivity contribution in [2.24, 2.45) is 5.92 Å². The fourth-order valence-electron chi connectivity index (χ4n) is 5.16. The number of carbonyl (C=O) groups is 1. The third-order valence-corrected chi connectivity index (χ3v) is 6.99. The SMILES string of the molecule is O=C(c1cccc2[nH]ccc12)N1CCC2(CC1)CC(CCOc1ccc(F)cc1)CCO2. The molecule has 2 aromatic carbocycles. The molecule has 1 aromatic heterocycles. The van der Waals surface area contributed by atoms with Gasteiger partial charge >= 0.3 is 0 Å². The molecule has 2 aliphatic heterocycles. The normalized spacial score (nSPS) is 20.5. The first-order valence-corrected chi connectivity index (χ1v) is 11.5. The molecule has 1 atom stereocenters. The second-order valence-corrected chi connectivity index (χ2v) is 9.02. The van der Waals surface area contributed by atoms with E-state index in [-0.39, 0.29) is 17.3 Å². The molecular formula is C26H29FN2O3. The number of halogens is 1. The number of benzene rings is 2. The minimum Gasteiger partial charge on any atom is -0.494 e. The topological polar surface area (TPSA) is 54.6 Å². The van der Waals surface area contributed by atoms with Crippen molar-refractivity contribution >= 4 is 16.8 Å². The van der Waals surface area contributed by atoms with Gasteiger partial charge in [0, 0.05) is 42.4 Å². The predicted octanol–water partition coefficient (Wildman–Crippen LogP) is 5.18. The molecule has 3 aromatic rings. The average Bonchev–Trinajstić information content (AvgIpc) is 3.30. The number of aromatic amines is 1. The van der Waals surface area contributed by atoms with Gasteiger partial charge in [-0.3, -0.25) is 4.79 Å². The molecule has 3 heterocycles. The zero-order chi connectivity index (χ0) is 22.0. The highest BCUT2D eigenvalue weighted by molar-refractivity contribution is 6.06. The molecule has 0 aliphatic carbocycles. The molecule has 168 valence electrons. The van der Waals surface area contributed by atoms with Crippen LogP contribution in [0.25, 0.3) is 10.9 Å². The number of likely N-dealkylation sites (tertiary alicyclic amines) is 1. The monoisotopic (exact) mass is 436 g/mol. The summed E-state index contributed by atoms with van der Waals surface area (Å²) in [7, 11) is 0. The number of H-pyrrole nitrogens is 1. The number of fused-ring (bicyclic) bond motifs is 1. The average molecular weight is 437 g/mol. The van der Waals surface area contributed by atoms with Crippen molar-refractivity contribution in [1.82, 2.24) is 9.88 Å². The Kier molecular flexibility index (Phi) is 5.87. The number of nitrogens with zero attached hydrogens (tertiary/aromatic N) is 1. The predicted molar refractivity (Wildman–Crippen MR) is 121 cm³/mol. The first-order valence-electron chi connectivity index (χ1n) is 11.5. The van der Waals surface area contributed by atoms with Gasteiger partial charge in [-0.25, -0.2) is 4.39 Å². The molecule has 0 radical (unpaired) electrons. The molecule has 1 N–H and O–H groups in total. The fourth-order valence-corrected chi connectivity index (χ4v) is 5.16. The Hall–Kier alpha value is -2.86. The largest absolute Gasteiger partial charge is 0.494 e. The van der Waals surface area contributed by atoms with E-state index in [1.807, 2.05) is 35.4 Å². The van der Waals surface area contributed by atoms with Crippen molar-refractivity contribution in [3.05, 3.63) is 66.1 Å². The highest BCUT2D eigenvalue weighted by Crippen LogP contribution is 2.39. The van der Waals surface area contributed by atoms with Crippen LogP contribution < -0.4 is 4.74 Å². The Labute approximate surface area is 187 Å². The molecule has 5 nitrogen and oxygen atoms in total. The Morgan fingerprint density at radius 1 is 1.16 bits per heavy atom. The minimum atomic E-state index is -0.252.